The molecule has 0 aliphatic rings. The first kappa shape index (κ1) is 18.2. The molecule has 22 heavy (non-hydrogen) atoms. The zero-order chi connectivity index (χ0) is 16.8. The Bertz CT molecular complexity index is 550. The highest BCUT2D eigenvalue weighted by Gasteiger charge is 2.15. The van der Waals surface area contributed by atoms with E-state index in [0.717, 1.165) is 5.56 Å². The van der Waals surface area contributed by atoms with Crippen molar-refractivity contribution in [1.82, 2.24) is 5.32 Å². The van der Waals surface area contributed by atoms with Crippen molar-refractivity contribution < 1.29 is 19.0 Å². The number of hydrogen-bond donors (Lipinski definition) is 1. The van der Waals surface area contributed by atoms with Gasteiger partial charge in [-0.2, -0.15) is 0 Å². The van der Waals surface area contributed by atoms with Crippen molar-refractivity contribution in [3.8, 4) is 11.5 Å². The van der Waals surface area contributed by atoms with Crippen LogP contribution in [0.3, 0.4) is 0 Å². The van der Waals surface area contributed by atoms with E-state index in [0.29, 0.717) is 23.1 Å². The van der Waals surface area contributed by atoms with E-state index in [9.17, 15) is 4.79 Å². The Morgan fingerprint density at radius 1 is 1.27 bits per heavy atom. The minimum Gasteiger partial charge on any atom is -0.493 e. The van der Waals surface area contributed by atoms with Crippen molar-refractivity contribution in [3.63, 3.8) is 0 Å². The fourth-order valence-corrected chi connectivity index (χ4v) is 1.97. The van der Waals surface area contributed by atoms with Crippen LogP contribution in [-0.2, 0) is 4.74 Å². The lowest BCUT2D eigenvalue weighted by Gasteiger charge is -2.19. The third kappa shape index (κ3) is 5.48. The second kappa shape index (κ2) is 7.94. The molecule has 5 nitrogen and oxygen atoms in total. The van der Waals surface area contributed by atoms with Gasteiger partial charge in [0.15, 0.2) is 11.5 Å². The molecule has 0 saturated carbocycles. The number of alkyl carbamates (subject to hydrolysis) is 1. The number of rotatable bonds is 5. The van der Waals surface area contributed by atoms with Crippen LogP contribution in [0.2, 0.25) is 5.02 Å². The minimum atomic E-state index is -0.513. The normalized spacial score (nSPS) is 11.4. The first-order chi connectivity index (χ1) is 10.3. The number of nitrogens with one attached hydrogen (secondary N) is 1. The van der Waals surface area contributed by atoms with Crippen LogP contribution >= 0.6 is 11.6 Å². The molecule has 0 fully saturated rings. The maximum atomic E-state index is 11.5. The van der Waals surface area contributed by atoms with Gasteiger partial charge in [-0.15, -0.1) is 0 Å². The maximum absolute atomic E-state index is 11.5. The molecule has 0 atom stereocenters. The number of carbonyl (C=O) groups excluding carboxylic acids is 1. The van der Waals surface area contributed by atoms with Crippen LogP contribution < -0.4 is 14.8 Å². The SMILES string of the molecule is COc1ccc(C=CCNC(=O)OC(C)(C)C)c(Cl)c1OC. The van der Waals surface area contributed by atoms with Gasteiger partial charge in [0.25, 0.3) is 0 Å². The smallest absolute Gasteiger partial charge is 0.407 e. The van der Waals surface area contributed by atoms with E-state index >= 15 is 0 Å². The number of benzene rings is 1. The number of carbonyl (C=O) groups is 1. The summed E-state index contributed by atoms with van der Waals surface area (Å²) in [6, 6.07) is 3.58. The third-order valence-corrected chi connectivity index (χ3v) is 2.97. The highest BCUT2D eigenvalue weighted by molar-refractivity contribution is 6.33. The quantitative estimate of drug-likeness (QED) is 0.891. The Hall–Kier alpha value is -1.88. The lowest BCUT2D eigenvalue weighted by Crippen LogP contribution is -2.32. The monoisotopic (exact) mass is 327 g/mol. The highest BCUT2D eigenvalue weighted by Crippen LogP contribution is 2.37. The summed E-state index contributed by atoms with van der Waals surface area (Å²) >= 11 is 6.25. The Balaban J connectivity index is 2.66. The first-order valence-corrected chi connectivity index (χ1v) is 7.20. The van der Waals surface area contributed by atoms with Crippen LogP contribution in [-0.4, -0.2) is 32.5 Å². The number of hydrogen-bond acceptors (Lipinski definition) is 4. The van der Waals surface area contributed by atoms with Gasteiger partial charge in [-0.3, -0.25) is 0 Å². The average Bonchev–Trinajstić information content (AvgIpc) is 2.42. The largest absolute Gasteiger partial charge is 0.493 e. The average molecular weight is 328 g/mol. The van der Waals surface area contributed by atoms with Gasteiger partial charge in [0.05, 0.1) is 19.2 Å². The summed E-state index contributed by atoms with van der Waals surface area (Å²) in [6.07, 6.45) is 3.11. The first-order valence-electron chi connectivity index (χ1n) is 6.82. The molecule has 0 aliphatic heterocycles. The second-order valence-corrected chi connectivity index (χ2v) is 5.87. The van der Waals surface area contributed by atoms with Crippen LogP contribution in [0.5, 0.6) is 11.5 Å². The summed E-state index contributed by atoms with van der Waals surface area (Å²) < 4.78 is 15.5. The van der Waals surface area contributed by atoms with Gasteiger partial charge in [-0.25, -0.2) is 4.79 Å². The summed E-state index contributed by atoms with van der Waals surface area (Å²) in [6.45, 7) is 5.77. The standard InChI is InChI=1S/C16H22ClNO4/c1-16(2,3)22-15(19)18-10-6-7-11-8-9-12(20-4)14(21-5)13(11)17/h6-9H,10H2,1-5H3,(H,18,19). The van der Waals surface area contributed by atoms with Crippen molar-refractivity contribution in [2.75, 3.05) is 20.8 Å². The van der Waals surface area contributed by atoms with E-state index in [-0.39, 0.29) is 0 Å². The number of amides is 1. The Kier molecular flexibility index (Phi) is 6.56. The molecular weight excluding hydrogens is 306 g/mol. The molecule has 0 aromatic heterocycles. The van der Waals surface area contributed by atoms with Crippen LogP contribution in [0.25, 0.3) is 6.08 Å². The van der Waals surface area contributed by atoms with Gasteiger partial charge in [0.1, 0.15) is 5.60 Å². The van der Waals surface area contributed by atoms with Gasteiger partial charge in [0, 0.05) is 6.54 Å². The molecule has 1 aromatic rings. The minimum absolute atomic E-state index is 0.333. The zero-order valence-corrected chi connectivity index (χ0v) is 14.3. The van der Waals surface area contributed by atoms with E-state index in [1.54, 1.807) is 25.3 Å². The van der Waals surface area contributed by atoms with Gasteiger partial charge in [-0.05, 0) is 38.5 Å². The zero-order valence-electron chi connectivity index (χ0n) is 13.5. The Labute approximate surface area is 136 Å². The van der Waals surface area contributed by atoms with Crippen LogP contribution in [0.1, 0.15) is 26.3 Å². The maximum Gasteiger partial charge on any atom is 0.407 e. The summed E-state index contributed by atoms with van der Waals surface area (Å²) in [5.41, 5.74) is 0.255. The molecule has 0 saturated heterocycles. The van der Waals surface area contributed by atoms with Crippen molar-refractivity contribution in [1.29, 1.82) is 0 Å². The number of ether oxygens (including phenoxy) is 3. The van der Waals surface area contributed by atoms with Crippen LogP contribution in [0.4, 0.5) is 4.79 Å². The Morgan fingerprint density at radius 2 is 1.95 bits per heavy atom. The van der Waals surface area contributed by atoms with Gasteiger partial charge >= 0.3 is 6.09 Å². The fourth-order valence-electron chi connectivity index (χ4n) is 1.68. The third-order valence-electron chi connectivity index (χ3n) is 2.58. The molecule has 0 aliphatic carbocycles. The Morgan fingerprint density at radius 3 is 2.50 bits per heavy atom. The van der Waals surface area contributed by atoms with Gasteiger partial charge in [0.2, 0.25) is 0 Å². The van der Waals surface area contributed by atoms with E-state index < -0.39 is 11.7 Å². The summed E-state index contributed by atoms with van der Waals surface area (Å²) in [7, 11) is 3.08. The topological polar surface area (TPSA) is 56.8 Å². The van der Waals surface area contributed by atoms with Gasteiger partial charge < -0.3 is 19.5 Å². The predicted molar refractivity (Wildman–Crippen MR) is 87.8 cm³/mol. The second-order valence-electron chi connectivity index (χ2n) is 5.49. The number of methoxy groups -OCH3 is 2. The molecule has 1 amide bonds. The molecule has 6 heteroatoms. The number of halogens is 1. The molecule has 0 heterocycles. The lowest BCUT2D eigenvalue weighted by molar-refractivity contribution is 0.0534. The molecule has 1 N–H and O–H groups in total. The molecule has 0 radical (unpaired) electrons. The molecule has 0 bridgehead atoms. The van der Waals surface area contributed by atoms with E-state index in [1.807, 2.05) is 26.8 Å². The summed E-state index contributed by atoms with van der Waals surface area (Å²) in [5.74, 6) is 1.04. The summed E-state index contributed by atoms with van der Waals surface area (Å²) in [4.78, 5) is 11.5. The highest BCUT2D eigenvalue weighted by atomic mass is 35.5. The van der Waals surface area contributed by atoms with E-state index in [2.05, 4.69) is 5.32 Å². The molecule has 0 spiro atoms. The van der Waals surface area contributed by atoms with Crippen LogP contribution in [0, 0.1) is 0 Å². The van der Waals surface area contributed by atoms with Crippen molar-refractivity contribution in [2.45, 2.75) is 26.4 Å². The van der Waals surface area contributed by atoms with Crippen molar-refractivity contribution in [2.24, 2.45) is 0 Å². The lowest BCUT2D eigenvalue weighted by atomic mass is 10.2. The van der Waals surface area contributed by atoms with E-state index in [4.69, 9.17) is 25.8 Å². The molecular formula is C16H22ClNO4. The van der Waals surface area contributed by atoms with Gasteiger partial charge in [-0.1, -0.05) is 23.8 Å². The van der Waals surface area contributed by atoms with Crippen molar-refractivity contribution in [3.05, 3.63) is 28.8 Å². The van der Waals surface area contributed by atoms with Crippen molar-refractivity contribution >= 4 is 23.8 Å². The molecule has 122 valence electrons. The molecule has 1 rings (SSSR count). The molecule has 0 unspecified atom stereocenters. The predicted octanol–water partition coefficient (Wildman–Crippen LogP) is 3.90. The van der Waals surface area contributed by atoms with E-state index in [1.165, 1.54) is 7.11 Å². The summed E-state index contributed by atoms with van der Waals surface area (Å²) in [5, 5.41) is 3.09. The fraction of sp³-hybridized carbons (Fsp3) is 0.438. The van der Waals surface area contributed by atoms with Crippen LogP contribution in [0.15, 0.2) is 18.2 Å². The molecule has 1 aromatic carbocycles.